The molecule has 2 rings (SSSR count). The van der Waals surface area contributed by atoms with Crippen LogP contribution in [0.3, 0.4) is 0 Å². The van der Waals surface area contributed by atoms with Gasteiger partial charge in [0, 0.05) is 5.41 Å². The SMILES string of the molecule is Cc1ncoc1-c1nc(C(C)(C)C)c(C(=O)O)o1. The number of aryl methyl sites for hydroxylation is 1. The molecule has 0 saturated heterocycles. The lowest BCUT2D eigenvalue weighted by Gasteiger charge is -2.14. The summed E-state index contributed by atoms with van der Waals surface area (Å²) in [5.41, 5.74) is 0.568. The molecule has 2 heterocycles. The van der Waals surface area contributed by atoms with Gasteiger partial charge in [-0.05, 0) is 6.92 Å². The van der Waals surface area contributed by atoms with Crippen molar-refractivity contribution in [3.05, 3.63) is 23.5 Å². The van der Waals surface area contributed by atoms with E-state index in [-0.39, 0.29) is 11.7 Å². The van der Waals surface area contributed by atoms with E-state index in [1.807, 2.05) is 20.8 Å². The second kappa shape index (κ2) is 3.97. The van der Waals surface area contributed by atoms with Gasteiger partial charge in [-0.2, -0.15) is 0 Å². The maximum atomic E-state index is 11.2. The molecule has 0 spiro atoms. The Hall–Kier alpha value is -2.11. The van der Waals surface area contributed by atoms with E-state index in [2.05, 4.69) is 9.97 Å². The largest absolute Gasteiger partial charge is 0.475 e. The molecule has 0 amide bonds. The molecule has 0 aliphatic rings. The third-order valence-electron chi connectivity index (χ3n) is 2.47. The summed E-state index contributed by atoms with van der Waals surface area (Å²) in [4.78, 5) is 19.3. The summed E-state index contributed by atoms with van der Waals surface area (Å²) in [6, 6.07) is 0. The van der Waals surface area contributed by atoms with Crippen LogP contribution in [-0.2, 0) is 5.41 Å². The first kappa shape index (κ1) is 12.3. The molecule has 0 fully saturated rings. The number of oxazole rings is 2. The van der Waals surface area contributed by atoms with E-state index in [1.165, 1.54) is 6.39 Å². The van der Waals surface area contributed by atoms with Crippen LogP contribution < -0.4 is 0 Å². The summed E-state index contributed by atoms with van der Waals surface area (Å²) >= 11 is 0. The number of carbonyl (C=O) groups is 1. The predicted molar refractivity (Wildman–Crippen MR) is 62.4 cm³/mol. The van der Waals surface area contributed by atoms with Crippen molar-refractivity contribution >= 4 is 5.97 Å². The first-order valence-electron chi connectivity index (χ1n) is 5.45. The van der Waals surface area contributed by atoms with Crippen LogP contribution in [0.25, 0.3) is 11.7 Å². The maximum absolute atomic E-state index is 11.2. The number of hydrogen-bond acceptors (Lipinski definition) is 5. The normalized spacial score (nSPS) is 11.8. The number of rotatable bonds is 2. The highest BCUT2D eigenvalue weighted by Crippen LogP contribution is 2.31. The van der Waals surface area contributed by atoms with Gasteiger partial charge < -0.3 is 13.9 Å². The zero-order chi connectivity index (χ0) is 13.5. The van der Waals surface area contributed by atoms with Crippen LogP contribution >= 0.6 is 0 Å². The Morgan fingerprint density at radius 1 is 1.39 bits per heavy atom. The van der Waals surface area contributed by atoms with Gasteiger partial charge >= 0.3 is 5.97 Å². The highest BCUT2D eigenvalue weighted by atomic mass is 16.4. The lowest BCUT2D eigenvalue weighted by atomic mass is 9.91. The Balaban J connectivity index is 2.60. The molecule has 18 heavy (non-hydrogen) atoms. The molecule has 0 bridgehead atoms. The lowest BCUT2D eigenvalue weighted by Crippen LogP contribution is -2.16. The third-order valence-corrected chi connectivity index (χ3v) is 2.47. The van der Waals surface area contributed by atoms with Crippen LogP contribution in [0.4, 0.5) is 0 Å². The minimum absolute atomic E-state index is 0.146. The van der Waals surface area contributed by atoms with E-state index in [9.17, 15) is 4.79 Å². The molecule has 0 radical (unpaired) electrons. The minimum atomic E-state index is -1.14. The molecule has 6 heteroatoms. The van der Waals surface area contributed by atoms with E-state index in [0.717, 1.165) is 0 Å². The first-order valence-corrected chi connectivity index (χ1v) is 5.45. The zero-order valence-electron chi connectivity index (χ0n) is 10.6. The van der Waals surface area contributed by atoms with Crippen molar-refractivity contribution in [1.82, 2.24) is 9.97 Å². The van der Waals surface area contributed by atoms with E-state index >= 15 is 0 Å². The van der Waals surface area contributed by atoms with Crippen molar-refractivity contribution in [2.75, 3.05) is 0 Å². The van der Waals surface area contributed by atoms with Gasteiger partial charge in [-0.25, -0.2) is 14.8 Å². The molecular weight excluding hydrogens is 236 g/mol. The molecule has 0 atom stereocenters. The summed E-state index contributed by atoms with van der Waals surface area (Å²) in [5.74, 6) is -0.801. The standard InChI is InChI=1S/C12H14N2O4/c1-6-7(17-5-13-6)10-14-9(12(2,3)4)8(18-10)11(15)16/h5H,1-4H3,(H,15,16). The van der Waals surface area contributed by atoms with Gasteiger partial charge in [-0.1, -0.05) is 20.8 Å². The maximum Gasteiger partial charge on any atom is 0.373 e. The fourth-order valence-corrected chi connectivity index (χ4v) is 1.58. The fraction of sp³-hybridized carbons (Fsp3) is 0.417. The monoisotopic (exact) mass is 250 g/mol. The average molecular weight is 250 g/mol. The summed E-state index contributed by atoms with van der Waals surface area (Å²) in [6.07, 6.45) is 1.27. The molecule has 1 N–H and O–H groups in total. The number of aromatic carboxylic acids is 1. The smallest absolute Gasteiger partial charge is 0.373 e. The third kappa shape index (κ3) is 2.01. The van der Waals surface area contributed by atoms with Crippen molar-refractivity contribution < 1.29 is 18.7 Å². The Morgan fingerprint density at radius 3 is 2.44 bits per heavy atom. The van der Waals surface area contributed by atoms with Gasteiger partial charge in [0.05, 0.1) is 5.69 Å². The molecular formula is C12H14N2O4. The highest BCUT2D eigenvalue weighted by molar-refractivity contribution is 5.86. The summed E-state index contributed by atoms with van der Waals surface area (Å²) in [6.45, 7) is 7.34. The number of nitrogens with zero attached hydrogens (tertiary/aromatic N) is 2. The van der Waals surface area contributed by atoms with Crippen LogP contribution in [0, 0.1) is 6.92 Å². The number of aromatic nitrogens is 2. The van der Waals surface area contributed by atoms with Crippen LogP contribution in [-0.4, -0.2) is 21.0 Å². The van der Waals surface area contributed by atoms with E-state index in [4.69, 9.17) is 13.9 Å². The van der Waals surface area contributed by atoms with Crippen molar-refractivity contribution in [2.24, 2.45) is 0 Å². The van der Waals surface area contributed by atoms with Crippen LogP contribution in [0.15, 0.2) is 15.2 Å². The number of hydrogen-bond donors (Lipinski definition) is 1. The zero-order valence-corrected chi connectivity index (χ0v) is 10.6. The molecule has 0 saturated carbocycles. The minimum Gasteiger partial charge on any atom is -0.475 e. The summed E-state index contributed by atoms with van der Waals surface area (Å²) in [7, 11) is 0. The van der Waals surface area contributed by atoms with Gasteiger partial charge in [0.25, 0.3) is 5.89 Å². The summed E-state index contributed by atoms with van der Waals surface area (Å²) < 4.78 is 10.4. The molecule has 96 valence electrons. The van der Waals surface area contributed by atoms with E-state index in [0.29, 0.717) is 17.1 Å². The molecule has 0 aliphatic carbocycles. The summed E-state index contributed by atoms with van der Waals surface area (Å²) in [5, 5.41) is 9.13. The van der Waals surface area contributed by atoms with Crippen molar-refractivity contribution in [1.29, 1.82) is 0 Å². The Morgan fingerprint density at radius 2 is 2.06 bits per heavy atom. The molecule has 6 nitrogen and oxygen atoms in total. The number of carboxylic acid groups (broad SMARTS) is 1. The van der Waals surface area contributed by atoms with Crippen LogP contribution in [0.2, 0.25) is 0 Å². The lowest BCUT2D eigenvalue weighted by molar-refractivity contribution is 0.0659. The first-order chi connectivity index (χ1) is 8.30. The highest BCUT2D eigenvalue weighted by Gasteiger charge is 2.30. The van der Waals surface area contributed by atoms with Crippen LogP contribution in [0.1, 0.15) is 42.7 Å². The number of carboxylic acids is 1. The Bertz CT molecular complexity index is 589. The molecule has 0 aliphatic heterocycles. The van der Waals surface area contributed by atoms with Crippen molar-refractivity contribution in [3.63, 3.8) is 0 Å². The molecule has 0 aromatic carbocycles. The second-order valence-electron chi connectivity index (χ2n) is 5.02. The van der Waals surface area contributed by atoms with Gasteiger partial charge in [0.15, 0.2) is 6.39 Å². The van der Waals surface area contributed by atoms with Gasteiger partial charge in [-0.3, -0.25) is 0 Å². The predicted octanol–water partition coefficient (Wildman–Crippen LogP) is 2.63. The van der Waals surface area contributed by atoms with Gasteiger partial charge in [-0.15, -0.1) is 0 Å². The van der Waals surface area contributed by atoms with E-state index in [1.54, 1.807) is 6.92 Å². The van der Waals surface area contributed by atoms with Crippen molar-refractivity contribution in [3.8, 4) is 11.7 Å². The van der Waals surface area contributed by atoms with Gasteiger partial charge in [0.1, 0.15) is 5.69 Å². The van der Waals surface area contributed by atoms with Gasteiger partial charge in [0.2, 0.25) is 11.5 Å². The van der Waals surface area contributed by atoms with E-state index < -0.39 is 11.4 Å². The fourth-order valence-electron chi connectivity index (χ4n) is 1.58. The quantitative estimate of drug-likeness (QED) is 0.881. The van der Waals surface area contributed by atoms with Crippen LogP contribution in [0.5, 0.6) is 0 Å². The molecule has 2 aromatic heterocycles. The Kier molecular flexibility index (Phi) is 2.73. The Labute approximate surface area is 104 Å². The molecule has 0 unspecified atom stereocenters. The average Bonchev–Trinajstić information content (AvgIpc) is 2.81. The molecule has 2 aromatic rings. The van der Waals surface area contributed by atoms with Crippen molar-refractivity contribution in [2.45, 2.75) is 33.1 Å². The second-order valence-corrected chi connectivity index (χ2v) is 5.02. The topological polar surface area (TPSA) is 89.4 Å².